The third-order valence-electron chi connectivity index (χ3n) is 2.87. The summed E-state index contributed by atoms with van der Waals surface area (Å²) in [5, 5.41) is 11.7. The largest absolute Gasteiger partial charge is 0.476 e. The van der Waals surface area contributed by atoms with Crippen molar-refractivity contribution in [3.05, 3.63) is 40.8 Å². The highest BCUT2D eigenvalue weighted by molar-refractivity contribution is 5.87. The number of hydrazine groups is 1. The van der Waals surface area contributed by atoms with Gasteiger partial charge in [-0.3, -0.25) is 5.84 Å². The van der Waals surface area contributed by atoms with Gasteiger partial charge in [-0.2, -0.15) is 0 Å². The van der Waals surface area contributed by atoms with Crippen molar-refractivity contribution >= 4 is 11.7 Å². The summed E-state index contributed by atoms with van der Waals surface area (Å²) in [7, 11) is 0. The normalized spacial score (nSPS) is 11.7. The van der Waals surface area contributed by atoms with Crippen LogP contribution < -0.4 is 22.3 Å². The number of carboxylic acids is 1. The van der Waals surface area contributed by atoms with Crippen LogP contribution in [0.25, 0.3) is 0 Å². The average Bonchev–Trinajstić information content (AvgIpc) is 2.38. The van der Waals surface area contributed by atoms with E-state index in [0.29, 0.717) is 0 Å². The Morgan fingerprint density at radius 2 is 1.89 bits per heavy atom. The van der Waals surface area contributed by atoms with E-state index in [4.69, 9.17) is 16.7 Å². The summed E-state index contributed by atoms with van der Waals surface area (Å²) in [5.41, 5.74) is 10.7. The summed E-state index contributed by atoms with van der Waals surface area (Å²) >= 11 is 0. The lowest BCUT2D eigenvalue weighted by Gasteiger charge is -2.13. The number of nitrogens with one attached hydrogen (secondary N) is 2. The highest BCUT2D eigenvalue weighted by Crippen LogP contribution is 2.18. The smallest absolute Gasteiger partial charge is 0.357 e. The van der Waals surface area contributed by atoms with Crippen molar-refractivity contribution in [3.63, 3.8) is 0 Å². The topological polar surface area (TPSA) is 113 Å². The molecule has 0 aliphatic rings. The second-order valence-electron chi connectivity index (χ2n) is 4.05. The van der Waals surface area contributed by atoms with Gasteiger partial charge in [-0.15, -0.1) is 0 Å². The zero-order valence-corrected chi connectivity index (χ0v) is 11.2. The predicted molar refractivity (Wildman–Crippen MR) is 75.0 cm³/mol. The zero-order valence-electron chi connectivity index (χ0n) is 11.2. The van der Waals surface area contributed by atoms with E-state index in [9.17, 15) is 4.79 Å². The predicted octanol–water partition coefficient (Wildman–Crippen LogP) is 0.899. The summed E-state index contributed by atoms with van der Waals surface area (Å²) in [5.74, 6) is 3.88. The number of anilines is 1. The van der Waals surface area contributed by atoms with Crippen LogP contribution in [-0.4, -0.2) is 11.1 Å². The number of rotatable bonds is 6. The molecule has 1 rings (SSSR count). The van der Waals surface area contributed by atoms with Gasteiger partial charge in [0.15, 0.2) is 5.70 Å². The van der Waals surface area contributed by atoms with E-state index in [1.807, 2.05) is 18.2 Å². The Balaban J connectivity index is 3.03. The van der Waals surface area contributed by atoms with Crippen LogP contribution in [0, 0.1) is 0 Å². The van der Waals surface area contributed by atoms with Crippen molar-refractivity contribution in [1.29, 1.82) is 0 Å². The minimum atomic E-state index is -1.21. The quantitative estimate of drug-likeness (QED) is 0.296. The van der Waals surface area contributed by atoms with Gasteiger partial charge >= 0.3 is 5.97 Å². The number of hydrogen-bond acceptors (Lipinski definition) is 5. The van der Waals surface area contributed by atoms with Crippen molar-refractivity contribution < 1.29 is 9.90 Å². The van der Waals surface area contributed by atoms with Gasteiger partial charge in [-0.1, -0.05) is 19.9 Å². The van der Waals surface area contributed by atoms with Gasteiger partial charge in [0.1, 0.15) is 5.82 Å². The molecule has 0 atom stereocenters. The maximum atomic E-state index is 10.9. The van der Waals surface area contributed by atoms with Crippen LogP contribution in [0.15, 0.2) is 29.7 Å². The van der Waals surface area contributed by atoms with Crippen LogP contribution in [0.4, 0.5) is 5.69 Å². The fourth-order valence-electron chi connectivity index (χ4n) is 1.85. The maximum Gasteiger partial charge on any atom is 0.357 e. The van der Waals surface area contributed by atoms with E-state index in [0.717, 1.165) is 18.5 Å². The lowest BCUT2D eigenvalue weighted by atomic mass is 10.0. The molecule has 0 saturated heterocycles. The van der Waals surface area contributed by atoms with Gasteiger partial charge in [-0.25, -0.2) is 4.79 Å². The van der Waals surface area contributed by atoms with Crippen molar-refractivity contribution in [2.24, 2.45) is 11.6 Å². The number of nitrogens with two attached hydrogens (primary N) is 2. The first-order chi connectivity index (χ1) is 9.03. The van der Waals surface area contributed by atoms with Crippen LogP contribution in [0.1, 0.15) is 25.0 Å². The Kier molecular flexibility index (Phi) is 5.20. The summed E-state index contributed by atoms with van der Waals surface area (Å²) in [6.45, 7) is 4.17. The third-order valence-corrected chi connectivity index (χ3v) is 2.87. The van der Waals surface area contributed by atoms with E-state index in [1.165, 1.54) is 11.1 Å². The second-order valence-corrected chi connectivity index (χ2v) is 4.05. The first-order valence-corrected chi connectivity index (χ1v) is 6.11. The molecule has 104 valence electrons. The Morgan fingerprint density at radius 1 is 1.26 bits per heavy atom. The Hall–Kier alpha value is -2.21. The minimum absolute atomic E-state index is 0.0266. The zero-order chi connectivity index (χ0) is 14.4. The summed E-state index contributed by atoms with van der Waals surface area (Å²) in [6, 6.07) is 5.83. The number of hydrogen-bond donors (Lipinski definition) is 5. The molecule has 0 saturated carbocycles. The molecule has 0 aliphatic carbocycles. The monoisotopic (exact) mass is 264 g/mol. The number of carbonyl (C=O) groups is 1. The van der Waals surface area contributed by atoms with Crippen LogP contribution in [0.2, 0.25) is 0 Å². The maximum absolute atomic E-state index is 10.9. The summed E-state index contributed by atoms with van der Waals surface area (Å²) in [6.07, 6.45) is 1.86. The fraction of sp³-hybridized carbons (Fsp3) is 0.308. The number of aliphatic carboxylic acids is 1. The van der Waals surface area contributed by atoms with E-state index in [1.54, 1.807) is 0 Å². The summed E-state index contributed by atoms with van der Waals surface area (Å²) in [4.78, 5) is 10.9. The van der Waals surface area contributed by atoms with E-state index in [2.05, 4.69) is 24.6 Å². The highest BCUT2D eigenvalue weighted by Gasteiger charge is 2.11. The standard InChI is InChI=1S/C13H20N4O2/c1-3-8-5-6-10(7-9(8)4-2)16-12(14)11(17-15)13(18)19/h5-7,16-17H,3-4,14-15H2,1-2H3,(H,18,19)/b12-11+. The molecule has 0 aromatic heterocycles. The van der Waals surface area contributed by atoms with Gasteiger partial charge in [0, 0.05) is 5.69 Å². The van der Waals surface area contributed by atoms with Gasteiger partial charge in [0.05, 0.1) is 0 Å². The van der Waals surface area contributed by atoms with Gasteiger partial charge in [0.2, 0.25) is 0 Å². The Bertz CT molecular complexity index is 497. The minimum Gasteiger partial charge on any atom is -0.476 e. The van der Waals surface area contributed by atoms with Gasteiger partial charge in [-0.05, 0) is 36.1 Å². The van der Waals surface area contributed by atoms with Crippen molar-refractivity contribution in [2.75, 3.05) is 5.32 Å². The molecule has 0 amide bonds. The third kappa shape index (κ3) is 3.62. The molecule has 0 spiro atoms. The Labute approximate surface area is 112 Å². The van der Waals surface area contributed by atoms with Gasteiger partial charge < -0.3 is 21.6 Å². The molecule has 1 aromatic carbocycles. The highest BCUT2D eigenvalue weighted by atomic mass is 16.4. The molecule has 1 aromatic rings. The molecule has 6 nitrogen and oxygen atoms in total. The molecule has 6 heteroatoms. The number of benzene rings is 1. The van der Waals surface area contributed by atoms with E-state index < -0.39 is 5.97 Å². The van der Waals surface area contributed by atoms with Crippen molar-refractivity contribution in [2.45, 2.75) is 26.7 Å². The first-order valence-electron chi connectivity index (χ1n) is 6.11. The molecule has 19 heavy (non-hydrogen) atoms. The van der Waals surface area contributed by atoms with Crippen molar-refractivity contribution in [1.82, 2.24) is 5.43 Å². The lowest BCUT2D eigenvalue weighted by molar-refractivity contribution is -0.133. The molecule has 0 bridgehead atoms. The average molecular weight is 264 g/mol. The summed E-state index contributed by atoms with van der Waals surface area (Å²) < 4.78 is 0. The molecule has 0 heterocycles. The van der Waals surface area contributed by atoms with Crippen LogP contribution in [-0.2, 0) is 17.6 Å². The molecular weight excluding hydrogens is 244 g/mol. The number of carboxylic acid groups (broad SMARTS) is 1. The lowest BCUT2D eigenvalue weighted by Crippen LogP contribution is -2.32. The molecule has 0 aliphatic heterocycles. The van der Waals surface area contributed by atoms with Crippen LogP contribution in [0.3, 0.4) is 0 Å². The van der Waals surface area contributed by atoms with Crippen LogP contribution in [0.5, 0.6) is 0 Å². The molecule has 0 radical (unpaired) electrons. The fourth-order valence-corrected chi connectivity index (χ4v) is 1.85. The molecule has 7 N–H and O–H groups in total. The molecular formula is C13H20N4O2. The van der Waals surface area contributed by atoms with Gasteiger partial charge in [0.25, 0.3) is 0 Å². The SMILES string of the molecule is CCc1ccc(N/C(N)=C(/NN)C(=O)O)cc1CC. The van der Waals surface area contributed by atoms with E-state index >= 15 is 0 Å². The number of aryl methyl sites for hydroxylation is 2. The molecule has 0 unspecified atom stereocenters. The van der Waals surface area contributed by atoms with E-state index in [-0.39, 0.29) is 11.5 Å². The first kappa shape index (κ1) is 14.8. The molecule has 0 fully saturated rings. The second kappa shape index (κ2) is 6.65. The Morgan fingerprint density at radius 3 is 2.37 bits per heavy atom. The van der Waals surface area contributed by atoms with Crippen LogP contribution >= 0.6 is 0 Å². The van der Waals surface area contributed by atoms with Crippen molar-refractivity contribution in [3.8, 4) is 0 Å².